The van der Waals surface area contributed by atoms with Crippen LogP contribution in [0, 0.1) is 5.92 Å². The minimum absolute atomic E-state index is 0.0361. The Hall–Kier alpha value is -1.56. The summed E-state index contributed by atoms with van der Waals surface area (Å²) in [4.78, 5) is 24.6. The van der Waals surface area contributed by atoms with E-state index in [1.807, 2.05) is 24.3 Å². The molecule has 0 spiro atoms. The van der Waals surface area contributed by atoms with Crippen LogP contribution in [0.5, 0.6) is 0 Å². The van der Waals surface area contributed by atoms with Gasteiger partial charge in [-0.15, -0.1) is 0 Å². The van der Waals surface area contributed by atoms with Crippen molar-refractivity contribution < 1.29 is 14.7 Å². The number of benzene rings is 1. The molecule has 0 saturated heterocycles. The van der Waals surface area contributed by atoms with Gasteiger partial charge in [-0.1, -0.05) is 28.1 Å². The number of halogens is 1. The molecule has 0 aromatic heterocycles. The lowest BCUT2D eigenvalue weighted by atomic mass is 10.1. The van der Waals surface area contributed by atoms with E-state index in [1.165, 1.54) is 0 Å². The number of rotatable bonds is 4. The summed E-state index contributed by atoms with van der Waals surface area (Å²) in [5.41, 5.74) is 1.05. The van der Waals surface area contributed by atoms with Gasteiger partial charge in [0.15, 0.2) is 0 Å². The van der Waals surface area contributed by atoms with Gasteiger partial charge in [-0.3, -0.25) is 4.79 Å². The van der Waals surface area contributed by atoms with Crippen LogP contribution < -0.4 is 5.32 Å². The van der Waals surface area contributed by atoms with Gasteiger partial charge in [0, 0.05) is 24.1 Å². The molecule has 1 fully saturated rings. The summed E-state index contributed by atoms with van der Waals surface area (Å²) in [6.45, 7) is 0.522. The number of hydrogen-bond acceptors (Lipinski definition) is 2. The van der Waals surface area contributed by atoms with Gasteiger partial charge >= 0.3 is 12.0 Å². The molecule has 2 unspecified atom stereocenters. The summed E-state index contributed by atoms with van der Waals surface area (Å²) in [7, 11) is 1.74. The lowest BCUT2D eigenvalue weighted by Crippen LogP contribution is -2.41. The van der Waals surface area contributed by atoms with Gasteiger partial charge < -0.3 is 15.3 Å². The number of carbonyl (C=O) groups is 2. The number of nitrogens with zero attached hydrogens (tertiary/aromatic N) is 1. The standard InChI is InChI=1S/C15H19BrN2O3/c1-18(9-10-2-5-12(16)6-3-10)15(21)17-13-7-4-11(8-13)14(19)20/h2-3,5-6,11,13H,4,7-9H2,1H3,(H,17,21)(H,19,20). The molecule has 1 aliphatic rings. The zero-order valence-corrected chi connectivity index (χ0v) is 13.5. The normalized spacial score (nSPS) is 21.0. The monoisotopic (exact) mass is 354 g/mol. The first kappa shape index (κ1) is 15.8. The zero-order valence-electron chi connectivity index (χ0n) is 11.9. The number of urea groups is 1. The zero-order chi connectivity index (χ0) is 15.4. The van der Waals surface area contributed by atoms with Gasteiger partial charge in [-0.25, -0.2) is 4.79 Å². The van der Waals surface area contributed by atoms with Crippen LogP contribution >= 0.6 is 15.9 Å². The van der Waals surface area contributed by atoms with Crippen molar-refractivity contribution in [3.63, 3.8) is 0 Å². The van der Waals surface area contributed by atoms with E-state index in [0.717, 1.165) is 16.5 Å². The minimum atomic E-state index is -0.769. The first-order valence-electron chi connectivity index (χ1n) is 6.94. The lowest BCUT2D eigenvalue weighted by molar-refractivity contribution is -0.141. The molecule has 1 aromatic carbocycles. The number of hydrogen-bond donors (Lipinski definition) is 2. The number of aliphatic carboxylic acids is 1. The fraction of sp³-hybridized carbons (Fsp3) is 0.467. The molecule has 1 saturated carbocycles. The lowest BCUT2D eigenvalue weighted by Gasteiger charge is -2.21. The van der Waals surface area contributed by atoms with E-state index >= 15 is 0 Å². The third kappa shape index (κ3) is 4.46. The SMILES string of the molecule is CN(Cc1ccc(Br)cc1)C(=O)NC1CCC(C(=O)O)C1. The molecular formula is C15H19BrN2O3. The molecule has 21 heavy (non-hydrogen) atoms. The summed E-state index contributed by atoms with van der Waals surface area (Å²) in [6, 6.07) is 7.61. The summed E-state index contributed by atoms with van der Waals surface area (Å²) >= 11 is 3.38. The molecule has 114 valence electrons. The Bertz CT molecular complexity index is 518. The summed E-state index contributed by atoms with van der Waals surface area (Å²) in [6.07, 6.45) is 1.89. The van der Waals surface area contributed by atoms with Crippen molar-refractivity contribution >= 4 is 27.9 Å². The van der Waals surface area contributed by atoms with E-state index in [0.29, 0.717) is 19.4 Å². The smallest absolute Gasteiger partial charge is 0.317 e. The van der Waals surface area contributed by atoms with Crippen molar-refractivity contribution in [1.82, 2.24) is 10.2 Å². The van der Waals surface area contributed by atoms with Gasteiger partial charge in [0.1, 0.15) is 0 Å². The van der Waals surface area contributed by atoms with E-state index in [1.54, 1.807) is 11.9 Å². The highest BCUT2D eigenvalue weighted by molar-refractivity contribution is 9.10. The number of carboxylic acid groups (broad SMARTS) is 1. The molecule has 5 nitrogen and oxygen atoms in total. The maximum Gasteiger partial charge on any atom is 0.317 e. The van der Waals surface area contributed by atoms with Crippen LogP contribution in [-0.4, -0.2) is 35.1 Å². The fourth-order valence-electron chi connectivity index (χ4n) is 2.56. The average molecular weight is 355 g/mol. The van der Waals surface area contributed by atoms with Gasteiger partial charge in [-0.2, -0.15) is 0 Å². The third-order valence-electron chi connectivity index (χ3n) is 3.79. The highest BCUT2D eigenvalue weighted by Crippen LogP contribution is 2.25. The van der Waals surface area contributed by atoms with Crippen molar-refractivity contribution in [3.8, 4) is 0 Å². The fourth-order valence-corrected chi connectivity index (χ4v) is 2.82. The number of amides is 2. The van der Waals surface area contributed by atoms with Crippen LogP contribution in [0.1, 0.15) is 24.8 Å². The molecule has 6 heteroatoms. The molecule has 2 atom stereocenters. The van der Waals surface area contributed by atoms with Crippen molar-refractivity contribution in [2.75, 3.05) is 7.05 Å². The van der Waals surface area contributed by atoms with Crippen molar-refractivity contribution in [2.24, 2.45) is 5.92 Å². The first-order valence-corrected chi connectivity index (χ1v) is 7.74. The average Bonchev–Trinajstić information content (AvgIpc) is 2.90. The molecule has 1 aromatic rings. The summed E-state index contributed by atoms with van der Waals surface area (Å²) in [5.74, 6) is -1.10. The number of carboxylic acids is 1. The second-order valence-corrected chi connectivity index (χ2v) is 6.39. The Morgan fingerprint density at radius 2 is 2.00 bits per heavy atom. The van der Waals surface area contributed by atoms with Crippen LogP contribution in [0.2, 0.25) is 0 Å². The predicted molar refractivity (Wildman–Crippen MR) is 82.9 cm³/mol. The van der Waals surface area contributed by atoms with Gasteiger partial charge in [-0.05, 0) is 37.0 Å². The minimum Gasteiger partial charge on any atom is -0.481 e. The van der Waals surface area contributed by atoms with E-state index in [4.69, 9.17) is 5.11 Å². The second-order valence-electron chi connectivity index (χ2n) is 5.48. The molecular weight excluding hydrogens is 336 g/mol. The Morgan fingerprint density at radius 3 is 2.57 bits per heavy atom. The number of carbonyl (C=O) groups excluding carboxylic acids is 1. The van der Waals surface area contributed by atoms with Crippen molar-refractivity contribution in [3.05, 3.63) is 34.3 Å². The summed E-state index contributed by atoms with van der Waals surface area (Å²) < 4.78 is 1.00. The Balaban J connectivity index is 1.83. The topological polar surface area (TPSA) is 69.6 Å². The maximum absolute atomic E-state index is 12.1. The van der Waals surface area contributed by atoms with Gasteiger partial charge in [0.05, 0.1) is 5.92 Å². The van der Waals surface area contributed by atoms with Gasteiger partial charge in [0.25, 0.3) is 0 Å². The Labute approximate surface area is 132 Å². The van der Waals surface area contributed by atoms with Crippen LogP contribution in [0.4, 0.5) is 4.79 Å². The first-order chi connectivity index (χ1) is 9.95. The predicted octanol–water partition coefficient (Wildman–Crippen LogP) is 2.84. The molecule has 0 heterocycles. The van der Waals surface area contributed by atoms with Crippen molar-refractivity contribution in [1.29, 1.82) is 0 Å². The summed E-state index contributed by atoms with van der Waals surface area (Å²) in [5, 5.41) is 11.9. The molecule has 2 amide bonds. The highest BCUT2D eigenvalue weighted by atomic mass is 79.9. The largest absolute Gasteiger partial charge is 0.481 e. The quantitative estimate of drug-likeness (QED) is 0.873. The number of nitrogens with one attached hydrogen (secondary N) is 1. The second kappa shape index (κ2) is 6.93. The molecule has 0 bridgehead atoms. The molecule has 2 rings (SSSR count). The van der Waals surface area contributed by atoms with Crippen molar-refractivity contribution in [2.45, 2.75) is 31.8 Å². The van der Waals surface area contributed by atoms with Gasteiger partial charge in [0.2, 0.25) is 0 Å². The van der Waals surface area contributed by atoms with E-state index in [9.17, 15) is 9.59 Å². The Morgan fingerprint density at radius 1 is 1.33 bits per heavy atom. The van der Waals surface area contributed by atoms with E-state index in [2.05, 4.69) is 21.2 Å². The Kier molecular flexibility index (Phi) is 5.22. The van der Waals surface area contributed by atoms with E-state index < -0.39 is 5.97 Å². The molecule has 0 radical (unpaired) electrons. The van der Waals surface area contributed by atoms with Crippen LogP contribution in [-0.2, 0) is 11.3 Å². The molecule has 2 N–H and O–H groups in total. The van der Waals surface area contributed by atoms with E-state index in [-0.39, 0.29) is 18.0 Å². The molecule has 0 aliphatic heterocycles. The highest BCUT2D eigenvalue weighted by Gasteiger charge is 2.30. The maximum atomic E-state index is 12.1. The molecule has 1 aliphatic carbocycles. The van der Waals surface area contributed by atoms with Crippen LogP contribution in [0.3, 0.4) is 0 Å². The van der Waals surface area contributed by atoms with Crippen LogP contribution in [0.25, 0.3) is 0 Å². The third-order valence-corrected chi connectivity index (χ3v) is 4.32. The van der Waals surface area contributed by atoms with Crippen LogP contribution in [0.15, 0.2) is 28.7 Å².